The number of thioether (sulfide) groups is 1. The minimum Gasteiger partial charge on any atom is -0.383 e. The molecular formula is C18H21N5O5S. The molecule has 11 heteroatoms. The fourth-order valence-electron chi connectivity index (χ4n) is 2.90. The van der Waals surface area contributed by atoms with Gasteiger partial charge in [-0.05, 0) is 5.56 Å². The minimum atomic E-state index is -0.485. The van der Waals surface area contributed by atoms with Gasteiger partial charge in [0.2, 0.25) is 11.8 Å². The number of fused-ring (bicyclic) bond motifs is 1. The minimum absolute atomic E-state index is 0.00543. The Labute approximate surface area is 171 Å². The zero-order valence-electron chi connectivity index (χ0n) is 15.8. The second kappa shape index (κ2) is 9.52. The monoisotopic (exact) mass is 419 g/mol. The van der Waals surface area contributed by atoms with Crippen molar-refractivity contribution in [3.05, 3.63) is 51.2 Å². The highest BCUT2D eigenvalue weighted by Crippen LogP contribution is 2.34. The molecule has 1 aliphatic heterocycles. The van der Waals surface area contributed by atoms with E-state index in [0.717, 1.165) is 17.0 Å². The van der Waals surface area contributed by atoms with Gasteiger partial charge >= 0.3 is 0 Å². The van der Waals surface area contributed by atoms with Gasteiger partial charge in [0.05, 0.1) is 23.6 Å². The molecule has 0 spiro atoms. The third-order valence-corrected chi connectivity index (χ3v) is 5.28. The number of carbonyl (C=O) groups excluding carboxylic acids is 2. The number of amides is 2. The first-order valence-corrected chi connectivity index (χ1v) is 10.1. The van der Waals surface area contributed by atoms with Gasteiger partial charge in [-0.1, -0.05) is 12.1 Å². The first-order valence-electron chi connectivity index (χ1n) is 8.93. The largest absolute Gasteiger partial charge is 0.383 e. The van der Waals surface area contributed by atoms with E-state index in [-0.39, 0.29) is 30.5 Å². The summed E-state index contributed by atoms with van der Waals surface area (Å²) >= 11 is 1.70. The van der Waals surface area contributed by atoms with Crippen LogP contribution in [0.4, 0.5) is 11.5 Å². The van der Waals surface area contributed by atoms with E-state index in [1.165, 1.54) is 16.8 Å². The Balaban J connectivity index is 1.68. The van der Waals surface area contributed by atoms with Crippen LogP contribution in [0.1, 0.15) is 16.8 Å². The molecule has 0 atom stereocenters. The molecule has 154 valence electrons. The molecule has 10 nitrogen and oxygen atoms in total. The lowest BCUT2D eigenvalue weighted by Crippen LogP contribution is -2.31. The first kappa shape index (κ1) is 20.8. The van der Waals surface area contributed by atoms with E-state index in [2.05, 4.69) is 15.7 Å². The van der Waals surface area contributed by atoms with E-state index >= 15 is 0 Å². The number of carbonyl (C=O) groups is 2. The lowest BCUT2D eigenvalue weighted by molar-refractivity contribution is -0.384. The van der Waals surface area contributed by atoms with Crippen LogP contribution < -0.4 is 10.6 Å². The predicted molar refractivity (Wildman–Crippen MR) is 108 cm³/mol. The number of aromatic nitrogens is 2. The predicted octanol–water partition coefficient (Wildman–Crippen LogP) is 1.48. The first-order chi connectivity index (χ1) is 14.0. The van der Waals surface area contributed by atoms with Crippen molar-refractivity contribution >= 4 is 35.1 Å². The van der Waals surface area contributed by atoms with Crippen molar-refractivity contribution < 1.29 is 19.2 Å². The van der Waals surface area contributed by atoms with Gasteiger partial charge in [0, 0.05) is 42.9 Å². The summed E-state index contributed by atoms with van der Waals surface area (Å²) in [6.45, 7) is 0.805. The SMILES string of the molecule is COCCNC(=O)Cn1nc2c(c1NC(=O)Cc1ccc([N+](=O)[O-])cc1)CSC2. The molecule has 0 bridgehead atoms. The number of anilines is 1. The molecule has 1 aromatic carbocycles. The van der Waals surface area contributed by atoms with Crippen LogP contribution in [-0.4, -0.2) is 46.8 Å². The van der Waals surface area contributed by atoms with Crippen molar-refractivity contribution in [3.8, 4) is 0 Å². The molecule has 1 aromatic heterocycles. The molecule has 0 aliphatic carbocycles. The number of nitro groups is 1. The third kappa shape index (κ3) is 5.33. The number of rotatable bonds is 9. The summed E-state index contributed by atoms with van der Waals surface area (Å²) in [7, 11) is 1.56. The van der Waals surface area contributed by atoms with Gasteiger partial charge in [-0.3, -0.25) is 19.7 Å². The van der Waals surface area contributed by atoms with Crippen LogP contribution in [-0.2, 0) is 38.8 Å². The van der Waals surface area contributed by atoms with Gasteiger partial charge < -0.3 is 15.4 Å². The standard InChI is InChI=1S/C18H21N5O5S/c1-28-7-6-19-17(25)9-22-18(14-10-29-11-15(14)21-22)20-16(24)8-12-2-4-13(5-3-12)23(26)27/h2-5H,6-11H2,1H3,(H,19,25)(H,20,24). The molecular weight excluding hydrogens is 398 g/mol. The summed E-state index contributed by atoms with van der Waals surface area (Å²) in [6, 6.07) is 5.84. The maximum Gasteiger partial charge on any atom is 0.269 e. The van der Waals surface area contributed by atoms with E-state index in [1.54, 1.807) is 31.0 Å². The number of hydrogen-bond donors (Lipinski definition) is 2. The zero-order valence-corrected chi connectivity index (χ0v) is 16.7. The van der Waals surface area contributed by atoms with E-state index in [9.17, 15) is 19.7 Å². The average molecular weight is 419 g/mol. The molecule has 0 unspecified atom stereocenters. The Morgan fingerprint density at radius 1 is 1.28 bits per heavy atom. The smallest absolute Gasteiger partial charge is 0.269 e. The lowest BCUT2D eigenvalue weighted by Gasteiger charge is -2.11. The van der Waals surface area contributed by atoms with E-state index < -0.39 is 4.92 Å². The molecule has 2 N–H and O–H groups in total. The number of nitro benzene ring substituents is 1. The lowest BCUT2D eigenvalue weighted by atomic mass is 10.1. The number of non-ortho nitro benzene ring substituents is 1. The fourth-order valence-corrected chi connectivity index (χ4v) is 3.94. The number of nitrogens with zero attached hydrogens (tertiary/aromatic N) is 3. The number of ether oxygens (including phenoxy) is 1. The fraction of sp³-hybridized carbons (Fsp3) is 0.389. The molecule has 29 heavy (non-hydrogen) atoms. The summed E-state index contributed by atoms with van der Waals surface area (Å²) in [5.41, 5.74) is 2.42. The molecule has 0 saturated heterocycles. The van der Waals surface area contributed by atoms with Gasteiger partial charge in [0.25, 0.3) is 5.69 Å². The van der Waals surface area contributed by atoms with Crippen LogP contribution in [0.3, 0.4) is 0 Å². The highest BCUT2D eigenvalue weighted by atomic mass is 32.2. The van der Waals surface area contributed by atoms with Crippen molar-refractivity contribution in [2.24, 2.45) is 0 Å². The quantitative estimate of drug-likeness (QED) is 0.358. The van der Waals surface area contributed by atoms with Crippen molar-refractivity contribution in [1.82, 2.24) is 15.1 Å². The third-order valence-electron chi connectivity index (χ3n) is 4.31. The maximum atomic E-state index is 12.5. The Bertz CT molecular complexity index is 912. The second-order valence-electron chi connectivity index (χ2n) is 6.42. The second-order valence-corrected chi connectivity index (χ2v) is 7.40. The normalized spacial score (nSPS) is 12.4. The van der Waals surface area contributed by atoms with Gasteiger partial charge in [-0.25, -0.2) is 4.68 Å². The van der Waals surface area contributed by atoms with Crippen molar-refractivity contribution in [1.29, 1.82) is 0 Å². The maximum absolute atomic E-state index is 12.5. The Kier molecular flexibility index (Phi) is 6.83. The summed E-state index contributed by atoms with van der Waals surface area (Å²) in [6.07, 6.45) is 0.0606. The Hall–Kier alpha value is -2.92. The summed E-state index contributed by atoms with van der Waals surface area (Å²) in [5.74, 6) is 1.48. The van der Waals surface area contributed by atoms with Gasteiger partial charge in [0.15, 0.2) is 0 Å². The molecule has 1 aliphatic rings. The molecule has 2 amide bonds. The van der Waals surface area contributed by atoms with E-state index in [1.807, 2.05) is 0 Å². The Morgan fingerprint density at radius 3 is 2.72 bits per heavy atom. The number of benzene rings is 1. The molecule has 2 heterocycles. The van der Waals surface area contributed by atoms with Crippen LogP contribution in [0.5, 0.6) is 0 Å². The molecule has 3 rings (SSSR count). The van der Waals surface area contributed by atoms with Gasteiger partial charge in [-0.2, -0.15) is 16.9 Å². The highest BCUT2D eigenvalue weighted by molar-refractivity contribution is 7.98. The summed E-state index contributed by atoms with van der Waals surface area (Å²) in [4.78, 5) is 34.9. The molecule has 0 radical (unpaired) electrons. The van der Waals surface area contributed by atoms with Crippen molar-refractivity contribution in [3.63, 3.8) is 0 Å². The van der Waals surface area contributed by atoms with Crippen LogP contribution in [0, 0.1) is 10.1 Å². The average Bonchev–Trinajstić information content (AvgIpc) is 3.25. The van der Waals surface area contributed by atoms with Crippen LogP contribution in [0.2, 0.25) is 0 Å². The Morgan fingerprint density at radius 2 is 2.03 bits per heavy atom. The molecule has 0 fully saturated rings. The zero-order chi connectivity index (χ0) is 20.8. The summed E-state index contributed by atoms with van der Waals surface area (Å²) < 4.78 is 6.43. The van der Waals surface area contributed by atoms with Gasteiger partial charge in [0.1, 0.15) is 12.4 Å². The van der Waals surface area contributed by atoms with E-state index in [0.29, 0.717) is 30.3 Å². The number of nitrogens with one attached hydrogen (secondary N) is 2. The topological polar surface area (TPSA) is 128 Å². The van der Waals surface area contributed by atoms with Crippen molar-refractivity contribution in [2.45, 2.75) is 24.5 Å². The van der Waals surface area contributed by atoms with Crippen LogP contribution in [0.15, 0.2) is 24.3 Å². The number of methoxy groups -OCH3 is 1. The van der Waals surface area contributed by atoms with Crippen LogP contribution >= 0.6 is 11.8 Å². The van der Waals surface area contributed by atoms with E-state index in [4.69, 9.17) is 4.74 Å². The van der Waals surface area contributed by atoms with Gasteiger partial charge in [-0.15, -0.1) is 0 Å². The molecule has 2 aromatic rings. The van der Waals surface area contributed by atoms with Crippen LogP contribution in [0.25, 0.3) is 0 Å². The number of hydrogen-bond acceptors (Lipinski definition) is 7. The molecule has 0 saturated carbocycles. The highest BCUT2D eigenvalue weighted by Gasteiger charge is 2.25. The summed E-state index contributed by atoms with van der Waals surface area (Å²) in [5, 5.41) is 20.8. The van der Waals surface area contributed by atoms with Crippen molar-refractivity contribution in [2.75, 3.05) is 25.6 Å².